The second-order valence-corrected chi connectivity index (χ2v) is 20.9. The Hall–Kier alpha value is -3.34. The van der Waals surface area contributed by atoms with Crippen LogP contribution in [0.3, 0.4) is 0 Å². The van der Waals surface area contributed by atoms with Crippen LogP contribution >= 0.6 is 7.82 Å². The fraction of sp³-hybridized carbons (Fsp3) is 0.726. The highest BCUT2D eigenvalue weighted by Crippen LogP contribution is 2.43. The van der Waals surface area contributed by atoms with Crippen LogP contribution in [0.25, 0.3) is 0 Å². The first-order valence-corrected chi connectivity index (χ1v) is 31.0. The van der Waals surface area contributed by atoms with Gasteiger partial charge in [0.25, 0.3) is 0 Å². The van der Waals surface area contributed by atoms with E-state index in [1.54, 1.807) is 0 Å². The molecular formula is C62H107O11P. The maximum atomic E-state index is 12.9. The third kappa shape index (κ3) is 53.5. The summed E-state index contributed by atoms with van der Waals surface area (Å²) < 4.78 is 39.5. The molecule has 0 aromatic carbocycles. The molecule has 0 saturated heterocycles. The number of carbonyl (C=O) groups excluding carboxylic acids is 3. The van der Waals surface area contributed by atoms with Crippen LogP contribution < -0.4 is 0 Å². The Bertz CT molecular complexity index is 1560. The van der Waals surface area contributed by atoms with E-state index >= 15 is 0 Å². The fourth-order valence-electron chi connectivity index (χ4n) is 7.81. The number of ether oxygens (including phenoxy) is 3. The third-order valence-electron chi connectivity index (χ3n) is 12.3. The minimum Gasteiger partial charge on any atom is -0.462 e. The van der Waals surface area contributed by atoms with E-state index in [-0.39, 0.29) is 25.9 Å². The molecule has 0 aliphatic heterocycles. The monoisotopic (exact) mass is 1060 g/mol. The third-order valence-corrected chi connectivity index (χ3v) is 13.2. The van der Waals surface area contributed by atoms with E-state index in [1.807, 2.05) is 12.2 Å². The van der Waals surface area contributed by atoms with E-state index < -0.39 is 57.8 Å². The Morgan fingerprint density at radius 2 is 0.730 bits per heavy atom. The SMILES string of the molecule is CC/C=C\C/C=C\C/C=C\C/C=C\CCC(=O)OC(CO)COP(=O)(O)OCC(COC(=O)CCCCCCCCC/C=C\CCCCCCCC)OC(=O)CCCCCCCCC/C=C\C/C=C\CCCCC. The molecule has 0 aliphatic carbocycles. The molecule has 0 aliphatic rings. The highest BCUT2D eigenvalue weighted by molar-refractivity contribution is 7.47. The van der Waals surface area contributed by atoms with Gasteiger partial charge in [-0.1, -0.05) is 215 Å². The molecule has 0 heterocycles. The van der Waals surface area contributed by atoms with Crippen molar-refractivity contribution in [3.05, 3.63) is 85.1 Å². The van der Waals surface area contributed by atoms with Crippen molar-refractivity contribution in [1.29, 1.82) is 0 Å². The predicted octanol–water partition coefficient (Wildman–Crippen LogP) is 17.5. The number of hydrogen-bond acceptors (Lipinski definition) is 10. The first-order chi connectivity index (χ1) is 36.2. The topological polar surface area (TPSA) is 155 Å². The average Bonchev–Trinajstić information content (AvgIpc) is 3.39. The zero-order valence-corrected chi connectivity index (χ0v) is 47.9. The normalized spacial score (nSPS) is 14.0. The Morgan fingerprint density at radius 3 is 1.20 bits per heavy atom. The van der Waals surface area contributed by atoms with E-state index in [1.165, 1.54) is 103 Å². The van der Waals surface area contributed by atoms with Crippen LogP contribution in [0.1, 0.15) is 252 Å². The highest BCUT2D eigenvalue weighted by atomic mass is 31.2. The fourth-order valence-corrected chi connectivity index (χ4v) is 8.59. The zero-order valence-electron chi connectivity index (χ0n) is 47.0. The minimum atomic E-state index is -4.77. The molecule has 74 heavy (non-hydrogen) atoms. The number of aliphatic hydroxyl groups is 1. The molecule has 3 atom stereocenters. The number of hydrogen-bond donors (Lipinski definition) is 2. The molecule has 0 spiro atoms. The molecule has 0 rings (SSSR count). The number of phosphoric acid groups is 1. The standard InChI is InChI=1S/C62H107O11P/c1-4-7-10-13-16-19-22-25-27-29-31-34-36-39-42-45-48-51-60(64)69-55-59(73-62(66)53-50-47-44-41-38-35-32-30-28-26-23-20-17-14-11-8-5-2)57-71-74(67,68)70-56-58(54-63)72-61(65)52-49-46-43-40-37-33-24-21-18-15-12-9-6-3/h9,12,17-18,20-21,25-28,33,37,43,46,58-59,63H,4-8,10-11,13-16,19,22-24,29-32,34-36,38-42,44-45,47-57H2,1-3H3,(H,67,68)/b12-9-,20-17-,21-18-,27-25-,28-26-,37-33-,46-43-. The molecule has 0 aromatic rings. The quantitative estimate of drug-likeness (QED) is 0.0197. The molecule has 0 fully saturated rings. The van der Waals surface area contributed by atoms with Crippen LogP contribution in [0.2, 0.25) is 0 Å². The molecule has 426 valence electrons. The number of rotatable bonds is 54. The van der Waals surface area contributed by atoms with Crippen molar-refractivity contribution in [2.45, 2.75) is 264 Å². The van der Waals surface area contributed by atoms with Crippen molar-refractivity contribution < 1.29 is 52.2 Å². The maximum absolute atomic E-state index is 12.9. The van der Waals surface area contributed by atoms with Gasteiger partial charge in [0.05, 0.1) is 19.8 Å². The molecule has 11 nitrogen and oxygen atoms in total. The van der Waals surface area contributed by atoms with Crippen molar-refractivity contribution >= 4 is 25.7 Å². The largest absolute Gasteiger partial charge is 0.472 e. The number of unbranched alkanes of at least 4 members (excludes halogenated alkanes) is 23. The van der Waals surface area contributed by atoms with Crippen molar-refractivity contribution in [1.82, 2.24) is 0 Å². The van der Waals surface area contributed by atoms with Gasteiger partial charge in [-0.05, 0) is 103 Å². The number of esters is 3. The highest BCUT2D eigenvalue weighted by Gasteiger charge is 2.28. The van der Waals surface area contributed by atoms with E-state index in [0.717, 1.165) is 89.9 Å². The summed E-state index contributed by atoms with van der Waals surface area (Å²) in [5, 5.41) is 9.79. The first-order valence-electron chi connectivity index (χ1n) is 29.5. The van der Waals surface area contributed by atoms with Gasteiger partial charge in [-0.15, -0.1) is 0 Å². The smallest absolute Gasteiger partial charge is 0.462 e. The summed E-state index contributed by atoms with van der Waals surface area (Å²) in [6.45, 7) is 4.41. The predicted molar refractivity (Wildman–Crippen MR) is 307 cm³/mol. The number of carbonyl (C=O) groups is 3. The van der Waals surface area contributed by atoms with Crippen LogP contribution in [-0.2, 0) is 42.2 Å². The van der Waals surface area contributed by atoms with Crippen LogP contribution in [-0.4, -0.2) is 66.5 Å². The Labute approximate surface area is 451 Å². The molecule has 0 saturated carbocycles. The summed E-state index contributed by atoms with van der Waals surface area (Å²) in [6.07, 6.45) is 64.1. The summed E-state index contributed by atoms with van der Waals surface area (Å²) in [4.78, 5) is 48.5. The summed E-state index contributed by atoms with van der Waals surface area (Å²) in [5.41, 5.74) is 0. The lowest BCUT2D eigenvalue weighted by atomic mass is 10.1. The van der Waals surface area contributed by atoms with Gasteiger partial charge in [0.1, 0.15) is 12.7 Å². The van der Waals surface area contributed by atoms with Crippen molar-refractivity contribution in [2.75, 3.05) is 26.4 Å². The van der Waals surface area contributed by atoms with Crippen LogP contribution in [0.15, 0.2) is 85.1 Å². The maximum Gasteiger partial charge on any atom is 0.472 e. The number of aliphatic hydroxyl groups excluding tert-OH is 1. The Kier molecular flexibility index (Phi) is 53.4. The van der Waals surface area contributed by atoms with Gasteiger partial charge in [0, 0.05) is 19.3 Å². The summed E-state index contributed by atoms with van der Waals surface area (Å²) in [6, 6.07) is 0. The van der Waals surface area contributed by atoms with Gasteiger partial charge < -0.3 is 24.2 Å². The van der Waals surface area contributed by atoms with Gasteiger partial charge in [-0.3, -0.25) is 23.4 Å². The second kappa shape index (κ2) is 55.9. The van der Waals surface area contributed by atoms with Crippen LogP contribution in [0, 0.1) is 0 Å². The second-order valence-electron chi connectivity index (χ2n) is 19.4. The summed E-state index contributed by atoms with van der Waals surface area (Å²) in [5.74, 6) is -1.56. The Morgan fingerprint density at radius 1 is 0.392 bits per heavy atom. The average molecular weight is 1060 g/mol. The molecular weight excluding hydrogens is 952 g/mol. The molecule has 0 bridgehead atoms. The summed E-state index contributed by atoms with van der Waals surface area (Å²) >= 11 is 0. The van der Waals surface area contributed by atoms with E-state index in [0.29, 0.717) is 19.3 Å². The van der Waals surface area contributed by atoms with E-state index in [4.69, 9.17) is 23.3 Å². The van der Waals surface area contributed by atoms with Gasteiger partial charge in [0.2, 0.25) is 0 Å². The number of phosphoric ester groups is 1. The summed E-state index contributed by atoms with van der Waals surface area (Å²) in [7, 11) is -4.77. The zero-order chi connectivity index (χ0) is 54.1. The van der Waals surface area contributed by atoms with E-state index in [2.05, 4.69) is 93.7 Å². The minimum absolute atomic E-state index is 0.0530. The molecule has 12 heteroatoms. The molecule has 2 N–H and O–H groups in total. The molecule has 0 aromatic heterocycles. The molecule has 0 radical (unpaired) electrons. The lowest BCUT2D eigenvalue weighted by Crippen LogP contribution is -2.30. The van der Waals surface area contributed by atoms with Crippen LogP contribution in [0.4, 0.5) is 0 Å². The van der Waals surface area contributed by atoms with Gasteiger partial charge in [-0.2, -0.15) is 0 Å². The molecule has 3 unspecified atom stereocenters. The number of allylic oxidation sites excluding steroid dienone is 14. The van der Waals surface area contributed by atoms with Crippen molar-refractivity contribution in [3.8, 4) is 0 Å². The first kappa shape index (κ1) is 70.7. The lowest BCUT2D eigenvalue weighted by Gasteiger charge is -2.21. The Balaban J connectivity index is 4.80. The van der Waals surface area contributed by atoms with Gasteiger partial charge >= 0.3 is 25.7 Å². The van der Waals surface area contributed by atoms with Crippen LogP contribution in [0.5, 0.6) is 0 Å². The van der Waals surface area contributed by atoms with Crippen molar-refractivity contribution in [2.24, 2.45) is 0 Å². The molecule has 0 amide bonds. The van der Waals surface area contributed by atoms with Gasteiger partial charge in [0.15, 0.2) is 6.10 Å². The lowest BCUT2D eigenvalue weighted by molar-refractivity contribution is -0.161. The van der Waals surface area contributed by atoms with Crippen molar-refractivity contribution in [3.63, 3.8) is 0 Å². The van der Waals surface area contributed by atoms with Gasteiger partial charge in [-0.25, -0.2) is 4.57 Å². The van der Waals surface area contributed by atoms with E-state index in [9.17, 15) is 28.9 Å².